The molecule has 82 valence electrons. The van der Waals surface area contributed by atoms with Crippen LogP contribution in [0.5, 0.6) is 0 Å². The third-order valence-electron chi connectivity index (χ3n) is 2.84. The number of hydrogen-bond acceptors (Lipinski definition) is 2. The van der Waals surface area contributed by atoms with Crippen LogP contribution >= 0.6 is 0 Å². The standard InChI is InChI=1S/C13H19NO/c1-10(2)11-4-6-12(7-5-11)13-14-8-3-9-15-13/h4-7,10,13-14H,3,8-9H2,1-2H3. The first kappa shape index (κ1) is 10.7. The van der Waals surface area contributed by atoms with Crippen molar-refractivity contribution in [2.75, 3.05) is 13.2 Å². The van der Waals surface area contributed by atoms with E-state index in [0.717, 1.165) is 19.6 Å². The van der Waals surface area contributed by atoms with Crippen LogP contribution < -0.4 is 5.32 Å². The van der Waals surface area contributed by atoms with Gasteiger partial charge in [-0.25, -0.2) is 0 Å². The van der Waals surface area contributed by atoms with E-state index in [-0.39, 0.29) is 6.23 Å². The van der Waals surface area contributed by atoms with Crippen LogP contribution in [0, 0.1) is 0 Å². The van der Waals surface area contributed by atoms with Gasteiger partial charge in [0.1, 0.15) is 6.23 Å². The van der Waals surface area contributed by atoms with Gasteiger partial charge in [0.2, 0.25) is 0 Å². The zero-order chi connectivity index (χ0) is 10.7. The minimum atomic E-state index is 0.0972. The quantitative estimate of drug-likeness (QED) is 0.801. The van der Waals surface area contributed by atoms with Gasteiger partial charge in [0.15, 0.2) is 0 Å². The lowest BCUT2D eigenvalue weighted by Gasteiger charge is -2.24. The Labute approximate surface area is 91.6 Å². The lowest BCUT2D eigenvalue weighted by Crippen LogP contribution is -2.31. The first-order valence-corrected chi connectivity index (χ1v) is 5.72. The van der Waals surface area contributed by atoms with E-state index in [1.807, 2.05) is 0 Å². The molecule has 2 rings (SSSR count). The normalized spacial score (nSPS) is 21.9. The maximum atomic E-state index is 5.65. The monoisotopic (exact) mass is 205 g/mol. The molecule has 0 aromatic heterocycles. The molecule has 1 aromatic carbocycles. The van der Waals surface area contributed by atoms with E-state index >= 15 is 0 Å². The van der Waals surface area contributed by atoms with Crippen LogP contribution in [0.1, 0.15) is 43.5 Å². The molecule has 1 aromatic rings. The molecule has 0 radical (unpaired) electrons. The van der Waals surface area contributed by atoms with E-state index in [4.69, 9.17) is 4.74 Å². The molecule has 0 aliphatic carbocycles. The molecule has 1 fully saturated rings. The van der Waals surface area contributed by atoms with Crippen molar-refractivity contribution in [2.45, 2.75) is 32.4 Å². The summed E-state index contributed by atoms with van der Waals surface area (Å²) in [4.78, 5) is 0. The predicted molar refractivity (Wildman–Crippen MR) is 61.8 cm³/mol. The molecule has 0 saturated carbocycles. The Morgan fingerprint density at radius 1 is 1.27 bits per heavy atom. The van der Waals surface area contributed by atoms with Gasteiger partial charge in [-0.05, 0) is 23.5 Å². The van der Waals surface area contributed by atoms with Gasteiger partial charge in [-0.3, -0.25) is 5.32 Å². The van der Waals surface area contributed by atoms with Gasteiger partial charge in [0.05, 0.1) is 6.61 Å². The summed E-state index contributed by atoms with van der Waals surface area (Å²) in [6.45, 7) is 6.34. The first-order chi connectivity index (χ1) is 7.27. The Hall–Kier alpha value is -0.860. The summed E-state index contributed by atoms with van der Waals surface area (Å²) in [7, 11) is 0. The van der Waals surface area contributed by atoms with Gasteiger partial charge in [-0.1, -0.05) is 38.1 Å². The highest BCUT2D eigenvalue weighted by Crippen LogP contribution is 2.21. The highest BCUT2D eigenvalue weighted by Gasteiger charge is 2.14. The molecular weight excluding hydrogens is 186 g/mol. The largest absolute Gasteiger partial charge is 0.359 e. The fraction of sp³-hybridized carbons (Fsp3) is 0.538. The summed E-state index contributed by atoms with van der Waals surface area (Å²) in [5.74, 6) is 0.597. The second-order valence-corrected chi connectivity index (χ2v) is 4.38. The SMILES string of the molecule is CC(C)c1ccc(C2NCCCO2)cc1. The van der Waals surface area contributed by atoms with E-state index < -0.39 is 0 Å². The molecule has 2 heteroatoms. The molecule has 1 atom stereocenters. The van der Waals surface area contributed by atoms with Crippen LogP contribution in [0.25, 0.3) is 0 Å². The zero-order valence-corrected chi connectivity index (χ0v) is 9.49. The van der Waals surface area contributed by atoms with Crippen molar-refractivity contribution in [3.05, 3.63) is 35.4 Å². The summed E-state index contributed by atoms with van der Waals surface area (Å²) in [6.07, 6.45) is 1.21. The molecule has 1 N–H and O–H groups in total. The maximum absolute atomic E-state index is 5.65. The molecule has 1 unspecified atom stereocenters. The van der Waals surface area contributed by atoms with Gasteiger partial charge < -0.3 is 4.74 Å². The van der Waals surface area contributed by atoms with Crippen LogP contribution in [-0.2, 0) is 4.74 Å². The molecule has 1 aliphatic heterocycles. The Balaban J connectivity index is 2.08. The van der Waals surface area contributed by atoms with E-state index in [9.17, 15) is 0 Å². The van der Waals surface area contributed by atoms with Gasteiger partial charge in [-0.2, -0.15) is 0 Å². The van der Waals surface area contributed by atoms with Crippen molar-refractivity contribution < 1.29 is 4.74 Å². The maximum Gasteiger partial charge on any atom is 0.134 e. The fourth-order valence-corrected chi connectivity index (χ4v) is 1.84. The predicted octanol–water partition coefficient (Wildman–Crippen LogP) is 2.82. The summed E-state index contributed by atoms with van der Waals surface area (Å²) in [6, 6.07) is 8.72. The average Bonchev–Trinajstić information content (AvgIpc) is 2.30. The number of nitrogens with one attached hydrogen (secondary N) is 1. The van der Waals surface area contributed by atoms with Gasteiger partial charge >= 0.3 is 0 Å². The number of rotatable bonds is 2. The second kappa shape index (κ2) is 4.77. The minimum absolute atomic E-state index is 0.0972. The average molecular weight is 205 g/mol. The highest BCUT2D eigenvalue weighted by atomic mass is 16.5. The molecule has 15 heavy (non-hydrogen) atoms. The van der Waals surface area contributed by atoms with Crippen molar-refractivity contribution in [2.24, 2.45) is 0 Å². The van der Waals surface area contributed by atoms with Gasteiger partial charge in [-0.15, -0.1) is 0 Å². The first-order valence-electron chi connectivity index (χ1n) is 5.72. The van der Waals surface area contributed by atoms with E-state index in [2.05, 4.69) is 43.4 Å². The third kappa shape index (κ3) is 2.58. The Bertz CT molecular complexity index is 299. The van der Waals surface area contributed by atoms with E-state index in [1.54, 1.807) is 0 Å². The van der Waals surface area contributed by atoms with Crippen LogP contribution in [0.4, 0.5) is 0 Å². The number of ether oxygens (including phenoxy) is 1. The topological polar surface area (TPSA) is 21.3 Å². The Kier molecular flexibility index (Phi) is 3.39. The van der Waals surface area contributed by atoms with Gasteiger partial charge in [0.25, 0.3) is 0 Å². The van der Waals surface area contributed by atoms with Crippen molar-refractivity contribution >= 4 is 0 Å². The zero-order valence-electron chi connectivity index (χ0n) is 9.49. The Morgan fingerprint density at radius 3 is 2.53 bits per heavy atom. The summed E-state index contributed by atoms with van der Waals surface area (Å²) < 4.78 is 5.65. The van der Waals surface area contributed by atoms with Crippen molar-refractivity contribution in [1.29, 1.82) is 0 Å². The van der Waals surface area contributed by atoms with Crippen molar-refractivity contribution in [3.8, 4) is 0 Å². The van der Waals surface area contributed by atoms with Crippen molar-refractivity contribution in [3.63, 3.8) is 0 Å². The lowest BCUT2D eigenvalue weighted by molar-refractivity contribution is -0.000322. The third-order valence-corrected chi connectivity index (χ3v) is 2.84. The molecule has 0 bridgehead atoms. The highest BCUT2D eigenvalue weighted by molar-refractivity contribution is 5.26. The van der Waals surface area contributed by atoms with Gasteiger partial charge in [0, 0.05) is 6.54 Å². The van der Waals surface area contributed by atoms with Crippen LogP contribution in [-0.4, -0.2) is 13.2 Å². The molecular formula is C13H19NO. The Morgan fingerprint density at radius 2 is 2.00 bits per heavy atom. The summed E-state index contributed by atoms with van der Waals surface area (Å²) in [5, 5.41) is 3.36. The van der Waals surface area contributed by atoms with Crippen molar-refractivity contribution in [1.82, 2.24) is 5.32 Å². The smallest absolute Gasteiger partial charge is 0.134 e. The van der Waals surface area contributed by atoms with Crippen LogP contribution in [0.3, 0.4) is 0 Å². The fourth-order valence-electron chi connectivity index (χ4n) is 1.84. The molecule has 1 heterocycles. The molecule has 0 spiro atoms. The summed E-state index contributed by atoms with van der Waals surface area (Å²) >= 11 is 0. The minimum Gasteiger partial charge on any atom is -0.359 e. The van der Waals surface area contributed by atoms with Crippen LogP contribution in [0.2, 0.25) is 0 Å². The van der Waals surface area contributed by atoms with E-state index in [0.29, 0.717) is 5.92 Å². The van der Waals surface area contributed by atoms with Crippen LogP contribution in [0.15, 0.2) is 24.3 Å². The molecule has 1 aliphatic rings. The number of benzene rings is 1. The second-order valence-electron chi connectivity index (χ2n) is 4.38. The lowest BCUT2D eigenvalue weighted by atomic mass is 10.0. The van der Waals surface area contributed by atoms with E-state index in [1.165, 1.54) is 11.1 Å². The molecule has 0 amide bonds. The molecule has 2 nitrogen and oxygen atoms in total. The number of hydrogen-bond donors (Lipinski definition) is 1. The summed E-state index contributed by atoms with van der Waals surface area (Å²) in [5.41, 5.74) is 2.62. The molecule has 1 saturated heterocycles.